The van der Waals surface area contributed by atoms with Gasteiger partial charge in [0, 0.05) is 23.9 Å². The second kappa shape index (κ2) is 8.49. The van der Waals surface area contributed by atoms with Crippen LogP contribution in [0.4, 0.5) is 0 Å². The third kappa shape index (κ3) is 4.73. The molecule has 0 bridgehead atoms. The molecule has 1 heterocycles. The van der Waals surface area contributed by atoms with Crippen molar-refractivity contribution >= 4 is 41.3 Å². The van der Waals surface area contributed by atoms with Crippen LogP contribution in [0.25, 0.3) is 0 Å². The Kier molecular flexibility index (Phi) is 6.85. The molecule has 0 atom stereocenters. The van der Waals surface area contributed by atoms with Gasteiger partial charge in [-0.15, -0.1) is 35.3 Å². The number of nitrogens with zero attached hydrogens (tertiary/aromatic N) is 2. The number of aromatic nitrogens is 1. The maximum Gasteiger partial charge on any atom is 0.191 e. The van der Waals surface area contributed by atoms with E-state index in [1.54, 1.807) is 11.3 Å². The van der Waals surface area contributed by atoms with Crippen LogP contribution < -0.4 is 10.6 Å². The Bertz CT molecular complexity index is 730. The summed E-state index contributed by atoms with van der Waals surface area (Å²) in [5.41, 5.74) is 4.25. The van der Waals surface area contributed by atoms with Gasteiger partial charge in [-0.2, -0.15) is 0 Å². The third-order valence-electron chi connectivity index (χ3n) is 4.87. The van der Waals surface area contributed by atoms with Crippen molar-refractivity contribution in [1.29, 1.82) is 0 Å². The summed E-state index contributed by atoms with van der Waals surface area (Å²) in [6.07, 6.45) is 2.49. The quantitative estimate of drug-likeness (QED) is 0.393. The number of aryl methyl sites for hydroxylation is 3. The molecule has 0 radical (unpaired) electrons. The lowest BCUT2D eigenvalue weighted by atomic mass is 9.92. The van der Waals surface area contributed by atoms with E-state index in [1.165, 1.54) is 28.8 Å². The van der Waals surface area contributed by atoms with Crippen LogP contribution in [0.1, 0.15) is 39.5 Å². The first-order valence-electron chi connectivity index (χ1n) is 8.47. The van der Waals surface area contributed by atoms with Gasteiger partial charge in [-0.25, -0.2) is 4.98 Å². The topological polar surface area (TPSA) is 49.3 Å². The van der Waals surface area contributed by atoms with Crippen molar-refractivity contribution in [1.82, 2.24) is 15.6 Å². The van der Waals surface area contributed by atoms with Crippen LogP contribution in [0.2, 0.25) is 0 Å². The summed E-state index contributed by atoms with van der Waals surface area (Å²) in [6, 6.07) is 8.72. The van der Waals surface area contributed by atoms with Gasteiger partial charge in [0.2, 0.25) is 0 Å². The number of hydrogen-bond acceptors (Lipinski definition) is 3. The number of nitrogens with one attached hydrogen (secondary N) is 2. The molecule has 0 unspecified atom stereocenters. The zero-order chi connectivity index (χ0) is 17.2. The van der Waals surface area contributed by atoms with Crippen LogP contribution in [0, 0.1) is 20.8 Å². The molecule has 2 N–H and O–H groups in total. The largest absolute Gasteiger partial charge is 0.356 e. The number of rotatable bonds is 5. The molecule has 2 aromatic rings. The first-order valence-corrected chi connectivity index (χ1v) is 9.29. The molecule has 1 aromatic heterocycles. The number of aliphatic imine (C=N–C) groups is 1. The van der Waals surface area contributed by atoms with Crippen molar-refractivity contribution in [2.24, 2.45) is 4.99 Å². The summed E-state index contributed by atoms with van der Waals surface area (Å²) in [7, 11) is 1.82. The first-order chi connectivity index (χ1) is 11.5. The fourth-order valence-corrected chi connectivity index (χ4v) is 3.98. The molecule has 1 aromatic carbocycles. The molecule has 1 fully saturated rings. The Hall–Kier alpha value is -1.15. The average molecular weight is 470 g/mol. The highest BCUT2D eigenvalue weighted by Gasteiger charge is 2.44. The average Bonchev–Trinajstić information content (AvgIpc) is 3.28. The van der Waals surface area contributed by atoms with E-state index < -0.39 is 0 Å². The van der Waals surface area contributed by atoms with Gasteiger partial charge in [0.1, 0.15) is 5.01 Å². The van der Waals surface area contributed by atoms with Crippen LogP contribution in [0.5, 0.6) is 0 Å². The van der Waals surface area contributed by atoms with Crippen molar-refractivity contribution in [2.45, 2.75) is 45.6 Å². The van der Waals surface area contributed by atoms with Crippen molar-refractivity contribution in [3.05, 3.63) is 51.0 Å². The lowest BCUT2D eigenvalue weighted by Gasteiger charge is -2.20. The van der Waals surface area contributed by atoms with E-state index in [0.29, 0.717) is 0 Å². The molecular formula is C19H27IN4S. The molecule has 136 valence electrons. The Morgan fingerprint density at radius 1 is 1.20 bits per heavy atom. The molecule has 0 aliphatic heterocycles. The van der Waals surface area contributed by atoms with Gasteiger partial charge in [0.25, 0.3) is 0 Å². The highest BCUT2D eigenvalue weighted by Crippen LogP contribution is 2.48. The summed E-state index contributed by atoms with van der Waals surface area (Å²) in [5.74, 6) is 0.848. The van der Waals surface area contributed by atoms with Crippen molar-refractivity contribution in [3.8, 4) is 0 Å². The SMILES string of the molecule is CN=C(NCc1nc(C)c(C)s1)NCC1(c2ccccc2C)CC1.I. The number of guanidine groups is 1. The Morgan fingerprint density at radius 3 is 2.48 bits per heavy atom. The number of benzene rings is 1. The van der Waals surface area contributed by atoms with Gasteiger partial charge < -0.3 is 10.6 Å². The molecule has 1 saturated carbocycles. The zero-order valence-electron chi connectivity index (χ0n) is 15.3. The van der Waals surface area contributed by atoms with Crippen LogP contribution in [0.15, 0.2) is 29.3 Å². The van der Waals surface area contributed by atoms with Crippen molar-refractivity contribution in [2.75, 3.05) is 13.6 Å². The minimum absolute atomic E-state index is 0. The number of thiazole rings is 1. The monoisotopic (exact) mass is 470 g/mol. The molecule has 3 rings (SSSR count). The molecule has 0 spiro atoms. The first kappa shape index (κ1) is 20.2. The van der Waals surface area contributed by atoms with E-state index in [2.05, 4.69) is 65.6 Å². The van der Waals surface area contributed by atoms with Crippen LogP contribution in [0.3, 0.4) is 0 Å². The minimum atomic E-state index is 0. The standard InChI is InChI=1S/C19H26N4S.HI/c1-13-7-5-6-8-16(13)19(9-10-19)12-22-18(20-4)21-11-17-23-14(2)15(3)24-17;/h5-8H,9-12H2,1-4H3,(H2,20,21,22);1H. The Labute approximate surface area is 171 Å². The highest BCUT2D eigenvalue weighted by atomic mass is 127. The minimum Gasteiger partial charge on any atom is -0.356 e. The summed E-state index contributed by atoms with van der Waals surface area (Å²) in [4.78, 5) is 10.2. The number of hydrogen-bond donors (Lipinski definition) is 2. The molecule has 0 amide bonds. The van der Waals surface area contributed by atoms with E-state index in [9.17, 15) is 0 Å². The van der Waals surface area contributed by atoms with Gasteiger partial charge in [0.15, 0.2) is 5.96 Å². The summed E-state index contributed by atoms with van der Waals surface area (Å²) in [5, 5.41) is 7.99. The Morgan fingerprint density at radius 2 is 1.92 bits per heavy atom. The van der Waals surface area contributed by atoms with E-state index >= 15 is 0 Å². The fourth-order valence-electron chi connectivity index (χ4n) is 3.11. The molecule has 6 heteroatoms. The summed E-state index contributed by atoms with van der Waals surface area (Å²) < 4.78 is 0. The maximum atomic E-state index is 4.57. The fraction of sp³-hybridized carbons (Fsp3) is 0.474. The zero-order valence-corrected chi connectivity index (χ0v) is 18.5. The van der Waals surface area contributed by atoms with Gasteiger partial charge in [-0.3, -0.25) is 4.99 Å². The van der Waals surface area contributed by atoms with Gasteiger partial charge >= 0.3 is 0 Å². The van der Waals surface area contributed by atoms with E-state index in [1.807, 2.05) is 7.05 Å². The highest BCUT2D eigenvalue weighted by molar-refractivity contribution is 14.0. The molecule has 0 saturated heterocycles. The van der Waals surface area contributed by atoms with Gasteiger partial charge in [0.05, 0.1) is 12.2 Å². The summed E-state index contributed by atoms with van der Waals surface area (Å²) in [6.45, 7) is 8.02. The number of halogens is 1. The van der Waals surface area contributed by atoms with Crippen molar-refractivity contribution < 1.29 is 0 Å². The van der Waals surface area contributed by atoms with Crippen molar-refractivity contribution in [3.63, 3.8) is 0 Å². The van der Waals surface area contributed by atoms with Crippen LogP contribution in [-0.4, -0.2) is 24.5 Å². The second-order valence-corrected chi connectivity index (χ2v) is 7.91. The van der Waals surface area contributed by atoms with E-state index in [-0.39, 0.29) is 29.4 Å². The normalized spacial score (nSPS) is 15.4. The van der Waals surface area contributed by atoms with E-state index in [4.69, 9.17) is 0 Å². The predicted octanol–water partition coefficient (Wildman–Crippen LogP) is 4.08. The van der Waals surface area contributed by atoms with E-state index in [0.717, 1.165) is 29.8 Å². The van der Waals surface area contributed by atoms with Crippen LogP contribution >= 0.6 is 35.3 Å². The molecule has 4 nitrogen and oxygen atoms in total. The molecular weight excluding hydrogens is 443 g/mol. The third-order valence-corrected chi connectivity index (χ3v) is 5.94. The summed E-state index contributed by atoms with van der Waals surface area (Å²) >= 11 is 1.75. The Balaban J connectivity index is 0.00000225. The molecule has 1 aliphatic rings. The predicted molar refractivity (Wildman–Crippen MR) is 117 cm³/mol. The molecule has 1 aliphatic carbocycles. The second-order valence-electron chi connectivity index (χ2n) is 6.62. The van der Waals surface area contributed by atoms with Gasteiger partial charge in [-0.1, -0.05) is 24.3 Å². The maximum absolute atomic E-state index is 4.57. The van der Waals surface area contributed by atoms with Crippen LogP contribution in [-0.2, 0) is 12.0 Å². The van der Waals surface area contributed by atoms with Gasteiger partial charge in [-0.05, 0) is 44.7 Å². The lowest BCUT2D eigenvalue weighted by Crippen LogP contribution is -2.41. The lowest BCUT2D eigenvalue weighted by molar-refractivity contribution is 0.642. The smallest absolute Gasteiger partial charge is 0.191 e. The molecule has 25 heavy (non-hydrogen) atoms.